The molecule has 1 aromatic rings. The lowest BCUT2D eigenvalue weighted by Crippen LogP contribution is -2.44. The number of nitrogens with one attached hydrogen (secondary N) is 3. The van der Waals surface area contributed by atoms with Gasteiger partial charge >= 0.3 is 6.09 Å². The van der Waals surface area contributed by atoms with E-state index in [1.807, 2.05) is 0 Å². The lowest BCUT2D eigenvalue weighted by molar-refractivity contribution is 0.0939. The summed E-state index contributed by atoms with van der Waals surface area (Å²) in [5, 5.41) is 12.5. The van der Waals surface area contributed by atoms with Gasteiger partial charge in [0.05, 0.1) is 6.61 Å². The van der Waals surface area contributed by atoms with Crippen molar-refractivity contribution in [3.05, 3.63) is 17.5 Å². The molecule has 0 aromatic carbocycles. The molecule has 0 bridgehead atoms. The first kappa shape index (κ1) is 20.0. The van der Waals surface area contributed by atoms with E-state index in [0.29, 0.717) is 30.7 Å². The molecule has 0 aliphatic heterocycles. The van der Waals surface area contributed by atoms with E-state index in [0.717, 1.165) is 18.5 Å². The monoisotopic (exact) mass is 338 g/mol. The van der Waals surface area contributed by atoms with E-state index < -0.39 is 6.09 Å². The predicted molar refractivity (Wildman–Crippen MR) is 92.9 cm³/mol. The first-order valence-electron chi connectivity index (χ1n) is 8.57. The van der Waals surface area contributed by atoms with Gasteiger partial charge in [-0.1, -0.05) is 27.7 Å². The standard InChI is InChI=1S/C17H30N4O3/c1-6-24-17(23)19-14(8-12(4)5)10-18-16(22)15-9-13(20-21-15)7-11(2)3/h9,11-12,14H,6-8,10H2,1-5H3,(H,18,22)(H,19,23)(H,20,21)/t14-/m1/s1. The maximum absolute atomic E-state index is 12.2. The number of alkyl carbamates (subject to hydrolysis) is 1. The van der Waals surface area contributed by atoms with E-state index in [9.17, 15) is 9.59 Å². The van der Waals surface area contributed by atoms with Crippen LogP contribution in [0.5, 0.6) is 0 Å². The van der Waals surface area contributed by atoms with E-state index in [1.165, 1.54) is 0 Å². The largest absolute Gasteiger partial charge is 0.450 e. The molecule has 7 heteroatoms. The highest BCUT2D eigenvalue weighted by Gasteiger charge is 2.17. The first-order valence-corrected chi connectivity index (χ1v) is 8.57. The van der Waals surface area contributed by atoms with Crippen LogP contribution in [0.1, 0.15) is 57.2 Å². The number of nitrogens with zero attached hydrogens (tertiary/aromatic N) is 1. The number of aromatic amines is 1. The van der Waals surface area contributed by atoms with Gasteiger partial charge in [-0.3, -0.25) is 9.89 Å². The average Bonchev–Trinajstić information content (AvgIpc) is 2.91. The molecule has 0 unspecified atom stereocenters. The van der Waals surface area contributed by atoms with Crippen molar-refractivity contribution >= 4 is 12.0 Å². The second kappa shape index (κ2) is 9.95. The number of amides is 2. The summed E-state index contributed by atoms with van der Waals surface area (Å²) in [6.45, 7) is 10.8. The Balaban J connectivity index is 2.56. The number of H-pyrrole nitrogens is 1. The molecule has 0 saturated heterocycles. The quantitative estimate of drug-likeness (QED) is 0.644. The Morgan fingerprint density at radius 3 is 2.54 bits per heavy atom. The van der Waals surface area contributed by atoms with Crippen molar-refractivity contribution in [2.45, 2.75) is 53.5 Å². The number of ether oxygens (including phenoxy) is 1. The topological polar surface area (TPSA) is 96.1 Å². The van der Waals surface area contributed by atoms with Crippen molar-refractivity contribution < 1.29 is 14.3 Å². The number of carbonyl (C=O) groups excluding carboxylic acids is 2. The van der Waals surface area contributed by atoms with E-state index in [1.54, 1.807) is 13.0 Å². The molecule has 0 aliphatic rings. The van der Waals surface area contributed by atoms with Crippen molar-refractivity contribution in [3.8, 4) is 0 Å². The Hall–Kier alpha value is -2.05. The van der Waals surface area contributed by atoms with Crippen LogP contribution >= 0.6 is 0 Å². The number of hydrogen-bond donors (Lipinski definition) is 3. The van der Waals surface area contributed by atoms with Crippen molar-refractivity contribution in [1.29, 1.82) is 0 Å². The highest BCUT2D eigenvalue weighted by atomic mass is 16.5. The summed E-state index contributed by atoms with van der Waals surface area (Å²) >= 11 is 0. The summed E-state index contributed by atoms with van der Waals surface area (Å²) in [5.41, 5.74) is 1.31. The molecule has 0 fully saturated rings. The van der Waals surface area contributed by atoms with Gasteiger partial charge in [0.2, 0.25) is 0 Å². The zero-order chi connectivity index (χ0) is 18.1. The van der Waals surface area contributed by atoms with Gasteiger partial charge < -0.3 is 15.4 Å². The molecule has 0 saturated carbocycles. The molecule has 0 spiro atoms. The van der Waals surface area contributed by atoms with Crippen LogP contribution in [0.2, 0.25) is 0 Å². The van der Waals surface area contributed by atoms with Gasteiger partial charge in [-0.05, 0) is 37.7 Å². The van der Waals surface area contributed by atoms with Gasteiger partial charge in [0, 0.05) is 18.3 Å². The first-order chi connectivity index (χ1) is 11.3. The molecule has 1 heterocycles. The summed E-state index contributed by atoms with van der Waals surface area (Å²) in [4.78, 5) is 23.8. The van der Waals surface area contributed by atoms with Crippen molar-refractivity contribution in [3.63, 3.8) is 0 Å². The smallest absolute Gasteiger partial charge is 0.407 e. The van der Waals surface area contributed by atoms with Gasteiger partial charge in [-0.2, -0.15) is 5.10 Å². The second-order valence-electron chi connectivity index (χ2n) is 6.78. The molecule has 24 heavy (non-hydrogen) atoms. The van der Waals surface area contributed by atoms with Crippen LogP contribution in [0.25, 0.3) is 0 Å². The normalized spacial score (nSPS) is 12.3. The maximum atomic E-state index is 12.2. The third-order valence-electron chi connectivity index (χ3n) is 3.35. The molecule has 1 atom stereocenters. The summed E-state index contributed by atoms with van der Waals surface area (Å²) in [6, 6.07) is 1.59. The Bertz CT molecular complexity index is 526. The zero-order valence-electron chi connectivity index (χ0n) is 15.3. The fraction of sp³-hybridized carbons (Fsp3) is 0.706. The van der Waals surface area contributed by atoms with Crippen LogP contribution in [0.3, 0.4) is 0 Å². The number of hydrogen-bond acceptors (Lipinski definition) is 4. The van der Waals surface area contributed by atoms with Crippen molar-refractivity contribution in [2.75, 3.05) is 13.2 Å². The molecular weight excluding hydrogens is 308 g/mol. The lowest BCUT2D eigenvalue weighted by atomic mass is 10.0. The van der Waals surface area contributed by atoms with Crippen LogP contribution < -0.4 is 10.6 Å². The Morgan fingerprint density at radius 1 is 1.25 bits per heavy atom. The van der Waals surface area contributed by atoms with Crippen molar-refractivity contribution in [1.82, 2.24) is 20.8 Å². The van der Waals surface area contributed by atoms with Crippen LogP contribution in [-0.2, 0) is 11.2 Å². The minimum Gasteiger partial charge on any atom is -0.450 e. The molecule has 3 N–H and O–H groups in total. The third kappa shape index (κ3) is 7.48. The van der Waals surface area contributed by atoms with Gasteiger partial charge in [-0.15, -0.1) is 0 Å². The zero-order valence-corrected chi connectivity index (χ0v) is 15.3. The van der Waals surface area contributed by atoms with E-state index in [-0.39, 0.29) is 11.9 Å². The molecule has 136 valence electrons. The Kier molecular flexibility index (Phi) is 8.29. The van der Waals surface area contributed by atoms with Crippen LogP contribution in [0.4, 0.5) is 4.79 Å². The summed E-state index contributed by atoms with van der Waals surface area (Å²) in [6.07, 6.45) is 1.13. The molecule has 0 aliphatic carbocycles. The minimum absolute atomic E-state index is 0.179. The van der Waals surface area contributed by atoms with Crippen LogP contribution in [0, 0.1) is 11.8 Å². The van der Waals surface area contributed by atoms with E-state index >= 15 is 0 Å². The van der Waals surface area contributed by atoms with Gasteiger partial charge in [-0.25, -0.2) is 4.79 Å². The van der Waals surface area contributed by atoms with Gasteiger partial charge in [0.1, 0.15) is 5.69 Å². The molecule has 0 radical (unpaired) electrons. The summed E-state index contributed by atoms with van der Waals surface area (Å²) in [5.74, 6) is 0.628. The van der Waals surface area contributed by atoms with Gasteiger partial charge in [0.15, 0.2) is 0 Å². The molecular formula is C17H30N4O3. The second-order valence-corrected chi connectivity index (χ2v) is 6.78. The number of rotatable bonds is 9. The number of carbonyl (C=O) groups is 2. The minimum atomic E-state index is -0.462. The highest BCUT2D eigenvalue weighted by molar-refractivity contribution is 5.92. The summed E-state index contributed by atoms with van der Waals surface area (Å²) in [7, 11) is 0. The Morgan fingerprint density at radius 2 is 1.96 bits per heavy atom. The maximum Gasteiger partial charge on any atom is 0.407 e. The molecule has 7 nitrogen and oxygen atoms in total. The SMILES string of the molecule is CCOC(=O)N[C@@H](CNC(=O)c1cc(CC(C)C)[nH]n1)CC(C)C. The van der Waals surface area contributed by atoms with Crippen molar-refractivity contribution in [2.24, 2.45) is 11.8 Å². The van der Waals surface area contributed by atoms with Crippen LogP contribution in [-0.4, -0.2) is 41.4 Å². The summed E-state index contributed by atoms with van der Waals surface area (Å²) < 4.78 is 4.91. The van der Waals surface area contributed by atoms with E-state index in [2.05, 4.69) is 48.5 Å². The highest BCUT2D eigenvalue weighted by Crippen LogP contribution is 2.08. The lowest BCUT2D eigenvalue weighted by Gasteiger charge is -2.20. The number of aromatic nitrogens is 2. The molecule has 2 amide bonds. The fourth-order valence-corrected chi connectivity index (χ4v) is 2.43. The third-order valence-corrected chi connectivity index (χ3v) is 3.35. The predicted octanol–water partition coefficient (Wildman–Crippen LogP) is 2.50. The molecule has 1 aromatic heterocycles. The fourth-order valence-electron chi connectivity index (χ4n) is 2.43. The average molecular weight is 338 g/mol. The van der Waals surface area contributed by atoms with Gasteiger partial charge in [0.25, 0.3) is 5.91 Å². The Labute approximate surface area is 143 Å². The molecule has 1 rings (SSSR count). The van der Waals surface area contributed by atoms with Crippen LogP contribution in [0.15, 0.2) is 6.07 Å². The van der Waals surface area contributed by atoms with E-state index in [4.69, 9.17) is 4.74 Å².